The average molecular weight is 644 g/mol. The van der Waals surface area contributed by atoms with Crippen LogP contribution in [0.15, 0.2) is 47.2 Å². The van der Waals surface area contributed by atoms with Crippen molar-refractivity contribution in [1.82, 2.24) is 10.2 Å². The van der Waals surface area contributed by atoms with Gasteiger partial charge in [-0.2, -0.15) is 0 Å². The van der Waals surface area contributed by atoms with E-state index < -0.39 is 58.0 Å². The topological polar surface area (TPSA) is 190 Å². The number of aliphatic hydroxyl groups excluding tert-OH is 2. The lowest BCUT2D eigenvalue weighted by Gasteiger charge is -2.50. The van der Waals surface area contributed by atoms with Crippen LogP contribution in [0.2, 0.25) is 0 Å². The zero-order valence-corrected chi connectivity index (χ0v) is 27.2. The number of rotatable bonds is 6. The van der Waals surface area contributed by atoms with Gasteiger partial charge in [-0.05, 0) is 79.4 Å². The van der Waals surface area contributed by atoms with E-state index in [0.717, 1.165) is 24.0 Å². The summed E-state index contributed by atoms with van der Waals surface area (Å²) in [5, 5.41) is 49.4. The highest BCUT2D eigenvalue weighted by molar-refractivity contribution is 6.24. The Morgan fingerprint density at radius 3 is 2.26 bits per heavy atom. The lowest BCUT2D eigenvalue weighted by Crippen LogP contribution is -2.65. The second-order valence-electron chi connectivity index (χ2n) is 14.6. The van der Waals surface area contributed by atoms with E-state index in [4.69, 9.17) is 5.73 Å². The summed E-state index contributed by atoms with van der Waals surface area (Å²) in [6.07, 6.45) is 1.75. The minimum absolute atomic E-state index is 0.00522. The first-order chi connectivity index (χ1) is 22.0. The number of fused-ring (bicyclic) bond motifs is 3. The molecule has 0 bridgehead atoms. The molecule has 7 N–H and O–H groups in total. The summed E-state index contributed by atoms with van der Waals surface area (Å²) in [6, 6.07) is 8.56. The molecule has 0 saturated heterocycles. The molecule has 2 amide bonds. The number of nitrogens with two attached hydrogens (primary N) is 1. The van der Waals surface area contributed by atoms with Crippen molar-refractivity contribution < 1.29 is 39.6 Å². The van der Waals surface area contributed by atoms with Gasteiger partial charge in [0, 0.05) is 29.5 Å². The molecule has 0 aliphatic heterocycles. The fraction of sp³-hybridized carbons (Fsp3) is 0.444. The maximum Gasteiger partial charge on any atom is 0.255 e. The number of aliphatic hydroxyl groups is 3. The van der Waals surface area contributed by atoms with Gasteiger partial charge in [0.2, 0.25) is 11.7 Å². The van der Waals surface area contributed by atoms with E-state index in [2.05, 4.69) is 26.1 Å². The van der Waals surface area contributed by atoms with Crippen LogP contribution in [0.4, 0.5) is 0 Å². The average Bonchev–Trinajstić information content (AvgIpc) is 3.84. The Morgan fingerprint density at radius 1 is 1.06 bits per heavy atom. The number of nitrogens with one attached hydrogen (secondary N) is 1. The first-order valence-electron chi connectivity index (χ1n) is 15.9. The molecule has 0 unspecified atom stereocenters. The second-order valence-corrected chi connectivity index (χ2v) is 14.6. The van der Waals surface area contributed by atoms with Crippen molar-refractivity contribution in [2.45, 2.75) is 70.1 Å². The number of primary amides is 1. The number of hydrogen-bond acceptors (Lipinski definition) is 9. The van der Waals surface area contributed by atoms with Gasteiger partial charge in [-0.1, -0.05) is 45.0 Å². The highest BCUT2D eigenvalue weighted by Crippen LogP contribution is 2.54. The normalized spacial score (nSPS) is 25.8. The van der Waals surface area contributed by atoms with E-state index in [1.54, 1.807) is 20.2 Å². The maximum absolute atomic E-state index is 14.3. The Bertz CT molecular complexity index is 1800. The van der Waals surface area contributed by atoms with Crippen LogP contribution >= 0.6 is 0 Å². The summed E-state index contributed by atoms with van der Waals surface area (Å²) < 4.78 is 0. The van der Waals surface area contributed by atoms with Gasteiger partial charge in [0.25, 0.3) is 5.91 Å². The fourth-order valence-corrected chi connectivity index (χ4v) is 7.58. The molecule has 6 rings (SSSR count). The largest absolute Gasteiger partial charge is 0.508 e. The van der Waals surface area contributed by atoms with E-state index in [1.165, 1.54) is 4.90 Å². The van der Waals surface area contributed by atoms with Crippen molar-refractivity contribution in [3.8, 4) is 16.9 Å². The van der Waals surface area contributed by atoms with E-state index in [1.807, 2.05) is 24.3 Å². The molecule has 47 heavy (non-hydrogen) atoms. The molecule has 2 aromatic rings. The molecule has 4 aliphatic rings. The zero-order valence-electron chi connectivity index (χ0n) is 27.2. The number of carbonyl (C=O) groups is 4. The van der Waals surface area contributed by atoms with Gasteiger partial charge in [-0.3, -0.25) is 24.1 Å². The number of benzene rings is 2. The van der Waals surface area contributed by atoms with Crippen LogP contribution in [0.25, 0.3) is 16.9 Å². The highest BCUT2D eigenvalue weighted by atomic mass is 16.3. The van der Waals surface area contributed by atoms with Gasteiger partial charge >= 0.3 is 0 Å². The third-order valence-electron chi connectivity index (χ3n) is 10.3. The number of phenols is 1. The number of likely N-dealkylation sites (N-methyl/N-ethyl adjacent to an activating group) is 1. The van der Waals surface area contributed by atoms with Crippen LogP contribution in [0.3, 0.4) is 0 Å². The summed E-state index contributed by atoms with van der Waals surface area (Å²) in [6.45, 7) is 6.29. The molecule has 0 aromatic heterocycles. The molecule has 4 aliphatic carbocycles. The number of phenolic OH excluding ortho intramolecular Hbond substituents is 1. The first-order valence-corrected chi connectivity index (χ1v) is 15.9. The molecular formula is C36H41N3O8. The van der Waals surface area contributed by atoms with Crippen LogP contribution in [-0.4, -0.2) is 74.4 Å². The Morgan fingerprint density at radius 2 is 1.70 bits per heavy atom. The predicted molar refractivity (Wildman–Crippen MR) is 173 cm³/mol. The number of hydrogen-bond donors (Lipinski definition) is 6. The Hall–Kier alpha value is -4.48. The minimum atomic E-state index is -2.72. The molecular weight excluding hydrogens is 602 g/mol. The van der Waals surface area contributed by atoms with Crippen molar-refractivity contribution in [2.24, 2.45) is 23.5 Å². The predicted octanol–water partition coefficient (Wildman–Crippen LogP) is 2.95. The minimum Gasteiger partial charge on any atom is -0.508 e. The Labute approximate surface area is 272 Å². The smallest absolute Gasteiger partial charge is 0.255 e. The summed E-state index contributed by atoms with van der Waals surface area (Å²) in [5.74, 6) is -7.24. The van der Waals surface area contributed by atoms with E-state index in [0.29, 0.717) is 16.7 Å². The summed E-state index contributed by atoms with van der Waals surface area (Å²) in [4.78, 5) is 54.0. The van der Waals surface area contributed by atoms with Gasteiger partial charge < -0.3 is 31.5 Å². The number of amides is 2. The van der Waals surface area contributed by atoms with Gasteiger partial charge in [-0.15, -0.1) is 0 Å². The van der Waals surface area contributed by atoms with Crippen LogP contribution in [0.5, 0.6) is 5.75 Å². The van der Waals surface area contributed by atoms with Gasteiger partial charge in [-0.25, -0.2) is 0 Å². The van der Waals surface area contributed by atoms with E-state index >= 15 is 0 Å². The summed E-state index contributed by atoms with van der Waals surface area (Å²) in [5.41, 5.74) is 5.00. The Kier molecular flexibility index (Phi) is 7.64. The van der Waals surface area contributed by atoms with Gasteiger partial charge in [0.05, 0.1) is 11.6 Å². The number of carbonyl (C=O) groups excluding carboxylic acids is 4. The van der Waals surface area contributed by atoms with Crippen LogP contribution in [0, 0.1) is 17.8 Å². The molecule has 0 heterocycles. The first kappa shape index (κ1) is 32.5. The molecule has 248 valence electrons. The molecule has 0 radical (unpaired) electrons. The zero-order chi connectivity index (χ0) is 34.3. The van der Waals surface area contributed by atoms with Gasteiger partial charge in [0.15, 0.2) is 11.4 Å². The molecule has 4 atom stereocenters. The maximum atomic E-state index is 14.3. The molecule has 2 saturated carbocycles. The van der Waals surface area contributed by atoms with Crippen LogP contribution < -0.4 is 11.1 Å². The van der Waals surface area contributed by atoms with Crippen molar-refractivity contribution in [1.29, 1.82) is 0 Å². The molecule has 11 nitrogen and oxygen atoms in total. The lowest BCUT2D eigenvalue weighted by molar-refractivity contribution is -0.153. The number of aromatic hydroxyl groups is 1. The van der Waals surface area contributed by atoms with Crippen molar-refractivity contribution >= 4 is 29.1 Å². The van der Waals surface area contributed by atoms with Gasteiger partial charge in [0.1, 0.15) is 22.8 Å². The van der Waals surface area contributed by atoms with Crippen LogP contribution in [-0.2, 0) is 37.6 Å². The summed E-state index contributed by atoms with van der Waals surface area (Å²) >= 11 is 0. The van der Waals surface area contributed by atoms with Crippen molar-refractivity contribution in [3.05, 3.63) is 69.5 Å². The highest BCUT2D eigenvalue weighted by Gasteiger charge is 2.64. The molecule has 2 fully saturated rings. The Balaban J connectivity index is 1.54. The SMILES string of the molecule is CN(C)[C@H]1C(=O)C(C(N)=O)=C(O)[C@]2(O)C(=O)C3=C(O)c4c(O)c(CNC(=O)C5CC5)cc(-c5ccc(C(C)(C)C)cc5)c4C[C@@H]3C[C@H]12. The quantitative estimate of drug-likeness (QED) is 0.257. The molecule has 2 aromatic carbocycles. The molecule has 0 spiro atoms. The van der Waals surface area contributed by atoms with Crippen molar-refractivity contribution in [3.63, 3.8) is 0 Å². The van der Waals surface area contributed by atoms with Crippen molar-refractivity contribution in [2.75, 3.05) is 14.1 Å². The standard InChI is InChI=1S/C36H41N3O8/c1-35(2,3)20-10-8-16(9-11-20)21-13-19(15-38-34(46)17-6-7-17)28(40)25-22(21)12-18-14-23-27(39(4)5)30(42)26(33(37)45)32(44)36(23,47)31(43)24(18)29(25)41/h8-11,13,17-18,23,27,40-41,44,47H,6-7,12,14-15H2,1-5H3,(H2,37,45)(H,38,46)/t18-,23-,27-,36-/m1/s1. The molecule has 11 heteroatoms. The lowest BCUT2D eigenvalue weighted by atomic mass is 9.57. The number of ketones is 2. The third kappa shape index (κ3) is 5.03. The van der Waals surface area contributed by atoms with E-state index in [9.17, 15) is 39.6 Å². The fourth-order valence-electron chi connectivity index (χ4n) is 7.58. The number of Topliss-reactive ketones (excluding diaryl/α,β-unsaturated/α-hetero) is 2. The van der Waals surface area contributed by atoms with E-state index in [-0.39, 0.29) is 53.5 Å². The number of nitrogens with zero attached hydrogens (tertiary/aromatic N) is 1. The summed E-state index contributed by atoms with van der Waals surface area (Å²) in [7, 11) is 3.13. The second kappa shape index (κ2) is 11.1. The van der Waals surface area contributed by atoms with Crippen LogP contribution in [0.1, 0.15) is 62.3 Å². The monoisotopic (exact) mass is 643 g/mol. The third-order valence-corrected chi connectivity index (χ3v) is 10.3.